The average Bonchev–Trinajstić information content (AvgIpc) is 1.68. The quantitative estimate of drug-likeness (QED) is 0.484. The van der Waals surface area contributed by atoms with E-state index < -0.39 is 0 Å². The first kappa shape index (κ1) is 8.66. The van der Waals surface area contributed by atoms with Crippen LogP contribution < -0.4 is 0 Å². The van der Waals surface area contributed by atoms with Crippen LogP contribution >= 0.6 is 24.4 Å². The Labute approximate surface area is 60.6 Å². The smallest absolute Gasteiger partial charge is 0.109 e. The van der Waals surface area contributed by atoms with Crippen LogP contribution in [0.4, 0.5) is 0 Å². The third kappa shape index (κ3) is 4.81. The van der Waals surface area contributed by atoms with E-state index >= 15 is 0 Å². The topological polar surface area (TPSA) is 9.23 Å². The summed E-state index contributed by atoms with van der Waals surface area (Å²) in [5.74, 6) is 0.969. The van der Waals surface area contributed by atoms with Crippen molar-refractivity contribution in [1.82, 2.24) is 0 Å². The van der Waals surface area contributed by atoms with Crippen LogP contribution in [0.3, 0.4) is 0 Å². The predicted octanol–water partition coefficient (Wildman–Crippen LogP) is 1.64. The number of hydrogen-bond donors (Lipinski definition) is 1. The summed E-state index contributed by atoms with van der Waals surface area (Å²) >= 11 is 5.90. The molecule has 3 heteroatoms. The lowest BCUT2D eigenvalue weighted by Gasteiger charge is -2.06. The Morgan fingerprint density at radius 3 is 2.75 bits per heavy atom. The summed E-state index contributed by atoms with van der Waals surface area (Å²) in [4.78, 5) is 0. The van der Waals surface area contributed by atoms with Gasteiger partial charge in [0, 0.05) is 12.4 Å². The van der Waals surface area contributed by atoms with E-state index in [1.54, 1.807) is 11.8 Å². The van der Waals surface area contributed by atoms with Crippen LogP contribution in [0.5, 0.6) is 0 Å². The summed E-state index contributed by atoms with van der Waals surface area (Å²) in [6.07, 6.45) is 2.04. The van der Waals surface area contributed by atoms with Crippen molar-refractivity contribution < 1.29 is 4.74 Å². The van der Waals surface area contributed by atoms with Crippen molar-refractivity contribution in [3.05, 3.63) is 0 Å². The van der Waals surface area contributed by atoms with Gasteiger partial charge in [-0.15, -0.1) is 12.6 Å². The minimum Gasteiger partial charge on any atom is -0.367 e. The van der Waals surface area contributed by atoms with Gasteiger partial charge in [0.1, 0.15) is 5.44 Å². The molecule has 0 aromatic heterocycles. The molecule has 0 saturated heterocycles. The average molecular weight is 152 g/mol. The van der Waals surface area contributed by atoms with Crippen LogP contribution in [0.15, 0.2) is 0 Å². The van der Waals surface area contributed by atoms with Gasteiger partial charge >= 0.3 is 0 Å². The molecule has 0 aliphatic heterocycles. The monoisotopic (exact) mass is 152 g/mol. The van der Waals surface area contributed by atoms with Crippen molar-refractivity contribution in [3.63, 3.8) is 0 Å². The van der Waals surface area contributed by atoms with E-state index in [1.807, 2.05) is 13.2 Å². The molecule has 0 rings (SSSR count). The first-order chi connectivity index (χ1) is 3.81. The van der Waals surface area contributed by atoms with E-state index in [0.29, 0.717) is 0 Å². The van der Waals surface area contributed by atoms with Crippen LogP contribution in [-0.4, -0.2) is 24.1 Å². The van der Waals surface area contributed by atoms with Crippen molar-refractivity contribution >= 4 is 24.4 Å². The first-order valence-electron chi connectivity index (χ1n) is 2.59. The number of hydrogen-bond acceptors (Lipinski definition) is 3. The second-order valence-electron chi connectivity index (χ2n) is 1.37. The van der Waals surface area contributed by atoms with Gasteiger partial charge in [-0.1, -0.05) is 0 Å². The van der Waals surface area contributed by atoms with E-state index in [4.69, 9.17) is 4.74 Å². The zero-order chi connectivity index (χ0) is 6.41. The zero-order valence-corrected chi connectivity index (χ0v) is 6.97. The zero-order valence-electron chi connectivity index (χ0n) is 5.26. The maximum Gasteiger partial charge on any atom is 0.109 e. The molecule has 0 bridgehead atoms. The minimum atomic E-state index is 0.120. The fourth-order valence-corrected chi connectivity index (χ4v) is 1.36. The molecule has 0 aliphatic rings. The Bertz CT molecular complexity index is 43.7. The first-order valence-corrected chi connectivity index (χ1v) is 4.51. The molecule has 0 aromatic rings. The summed E-state index contributed by atoms with van der Waals surface area (Å²) in [5, 5.41) is 0. The molecule has 0 heterocycles. The van der Waals surface area contributed by atoms with E-state index in [-0.39, 0.29) is 5.44 Å². The van der Waals surface area contributed by atoms with Gasteiger partial charge in [-0.3, -0.25) is 0 Å². The normalized spacial score (nSPS) is 13.9. The second kappa shape index (κ2) is 5.79. The van der Waals surface area contributed by atoms with Gasteiger partial charge < -0.3 is 4.74 Å². The van der Waals surface area contributed by atoms with Crippen LogP contribution in [0.25, 0.3) is 0 Å². The molecule has 1 unspecified atom stereocenters. The molecule has 1 atom stereocenters. The lowest BCUT2D eigenvalue weighted by atomic mass is 10.8. The molecule has 50 valence electrons. The second-order valence-corrected chi connectivity index (χ2v) is 2.85. The Morgan fingerprint density at radius 1 is 1.75 bits per heavy atom. The Morgan fingerprint density at radius 2 is 2.38 bits per heavy atom. The highest BCUT2D eigenvalue weighted by atomic mass is 32.2. The van der Waals surface area contributed by atoms with Gasteiger partial charge in [-0.2, -0.15) is 11.8 Å². The molecule has 8 heavy (non-hydrogen) atoms. The van der Waals surface area contributed by atoms with Gasteiger partial charge in [0.25, 0.3) is 0 Å². The SMILES string of the molecule is CCOC(S)CSC. The highest BCUT2D eigenvalue weighted by molar-refractivity contribution is 7.99. The number of thioether (sulfide) groups is 1. The molecule has 0 radical (unpaired) electrons. The number of rotatable bonds is 4. The molecular weight excluding hydrogens is 140 g/mol. The molecule has 0 amide bonds. The molecule has 0 aromatic carbocycles. The molecule has 1 nitrogen and oxygen atoms in total. The predicted molar refractivity (Wildman–Crippen MR) is 42.8 cm³/mol. The molecule has 0 fully saturated rings. The Kier molecular flexibility index (Phi) is 6.27. The molecule has 0 aliphatic carbocycles. The largest absolute Gasteiger partial charge is 0.367 e. The third-order valence-electron chi connectivity index (χ3n) is 0.668. The maximum atomic E-state index is 5.13. The van der Waals surface area contributed by atoms with Crippen molar-refractivity contribution in [2.24, 2.45) is 0 Å². The third-order valence-corrected chi connectivity index (χ3v) is 1.88. The van der Waals surface area contributed by atoms with Crippen LogP contribution in [-0.2, 0) is 4.74 Å². The van der Waals surface area contributed by atoms with Crippen LogP contribution in [0.2, 0.25) is 0 Å². The van der Waals surface area contributed by atoms with E-state index in [2.05, 4.69) is 12.6 Å². The molecular formula is C5H12OS2. The lowest BCUT2D eigenvalue weighted by molar-refractivity contribution is 0.141. The standard InChI is InChI=1S/C5H12OS2/c1-3-6-5(7)4-8-2/h5,7H,3-4H2,1-2H3. The summed E-state index contributed by atoms with van der Waals surface area (Å²) in [5.41, 5.74) is 0.120. The Hall–Kier alpha value is 0.660. The summed E-state index contributed by atoms with van der Waals surface area (Å²) < 4.78 is 5.13. The van der Waals surface area contributed by atoms with E-state index in [1.165, 1.54) is 0 Å². The van der Waals surface area contributed by atoms with E-state index in [0.717, 1.165) is 12.4 Å². The van der Waals surface area contributed by atoms with Crippen molar-refractivity contribution in [2.45, 2.75) is 12.4 Å². The summed E-state index contributed by atoms with van der Waals surface area (Å²) in [7, 11) is 0. The Balaban J connectivity index is 2.92. The van der Waals surface area contributed by atoms with Gasteiger partial charge in [0.2, 0.25) is 0 Å². The van der Waals surface area contributed by atoms with E-state index in [9.17, 15) is 0 Å². The van der Waals surface area contributed by atoms with Crippen molar-refractivity contribution in [1.29, 1.82) is 0 Å². The van der Waals surface area contributed by atoms with Gasteiger partial charge in [0.05, 0.1) is 0 Å². The lowest BCUT2D eigenvalue weighted by Crippen LogP contribution is -2.06. The van der Waals surface area contributed by atoms with Gasteiger partial charge in [0.15, 0.2) is 0 Å². The fourth-order valence-electron chi connectivity index (χ4n) is 0.383. The number of thiol groups is 1. The van der Waals surface area contributed by atoms with Gasteiger partial charge in [-0.05, 0) is 13.2 Å². The molecule has 0 saturated carbocycles. The highest BCUT2D eigenvalue weighted by Gasteiger charge is 1.96. The van der Waals surface area contributed by atoms with Crippen molar-refractivity contribution in [3.8, 4) is 0 Å². The molecule has 0 spiro atoms. The van der Waals surface area contributed by atoms with Crippen LogP contribution in [0, 0.1) is 0 Å². The number of ether oxygens (including phenoxy) is 1. The minimum absolute atomic E-state index is 0.120. The van der Waals surface area contributed by atoms with Crippen molar-refractivity contribution in [2.75, 3.05) is 18.6 Å². The highest BCUT2D eigenvalue weighted by Crippen LogP contribution is 2.04. The summed E-state index contributed by atoms with van der Waals surface area (Å²) in [6.45, 7) is 2.73. The van der Waals surface area contributed by atoms with Gasteiger partial charge in [-0.25, -0.2) is 0 Å². The van der Waals surface area contributed by atoms with Crippen LogP contribution in [0.1, 0.15) is 6.92 Å². The fraction of sp³-hybridized carbons (Fsp3) is 1.00. The summed E-state index contributed by atoms with van der Waals surface area (Å²) in [6, 6.07) is 0. The molecule has 0 N–H and O–H groups in total. The maximum absolute atomic E-state index is 5.13.